The number of carbonyl (C=O) groups is 2. The first kappa shape index (κ1) is 10.0. The maximum atomic E-state index is 10.9. The number of hydrogen-bond donors (Lipinski definition) is 1. The molecule has 0 radical (unpaired) electrons. The Labute approximate surface area is 82.1 Å². The largest absolute Gasteiger partial charge is 0.302 e. The second kappa shape index (κ2) is 4.83. The lowest BCUT2D eigenvalue weighted by Crippen LogP contribution is -2.26. The molecule has 0 aliphatic rings. The summed E-state index contributed by atoms with van der Waals surface area (Å²) < 4.78 is 0. The number of rotatable bonds is 0. The molecule has 0 atom stereocenters. The van der Waals surface area contributed by atoms with E-state index < -0.39 is 11.8 Å². The van der Waals surface area contributed by atoms with Gasteiger partial charge in [-0.05, 0) is 12.1 Å². The standard InChI is InChI=1S/C11H9NO2/c1-9(13)12-11(14)8-7-10-5-3-2-4-6-10/h2-6H,1H3,(H,12,13,14). The molecule has 3 nitrogen and oxygen atoms in total. The van der Waals surface area contributed by atoms with Crippen LogP contribution in [-0.4, -0.2) is 11.8 Å². The molecule has 1 rings (SSSR count). The van der Waals surface area contributed by atoms with Gasteiger partial charge in [0.2, 0.25) is 5.91 Å². The monoisotopic (exact) mass is 187 g/mol. The van der Waals surface area contributed by atoms with Gasteiger partial charge in [0.15, 0.2) is 0 Å². The summed E-state index contributed by atoms with van der Waals surface area (Å²) in [7, 11) is 0. The number of amides is 2. The van der Waals surface area contributed by atoms with Crippen molar-refractivity contribution in [3.8, 4) is 11.8 Å². The molecule has 0 bridgehead atoms. The lowest BCUT2D eigenvalue weighted by molar-refractivity contribution is -0.126. The third kappa shape index (κ3) is 3.55. The molecule has 14 heavy (non-hydrogen) atoms. The van der Waals surface area contributed by atoms with Crippen LogP contribution in [0.3, 0.4) is 0 Å². The van der Waals surface area contributed by atoms with Crippen molar-refractivity contribution in [3.05, 3.63) is 35.9 Å². The van der Waals surface area contributed by atoms with Crippen LogP contribution >= 0.6 is 0 Å². The molecule has 1 aromatic carbocycles. The lowest BCUT2D eigenvalue weighted by Gasteiger charge is -1.90. The fourth-order valence-electron chi connectivity index (χ4n) is 0.842. The molecule has 0 aromatic heterocycles. The molecule has 0 heterocycles. The van der Waals surface area contributed by atoms with Crippen LogP contribution in [0, 0.1) is 11.8 Å². The Bertz CT molecular complexity index is 398. The van der Waals surface area contributed by atoms with Crippen LogP contribution in [0.4, 0.5) is 0 Å². The third-order valence-corrected chi connectivity index (χ3v) is 1.38. The lowest BCUT2D eigenvalue weighted by atomic mass is 10.2. The predicted molar refractivity (Wildman–Crippen MR) is 52.1 cm³/mol. The van der Waals surface area contributed by atoms with Gasteiger partial charge in [-0.15, -0.1) is 0 Å². The van der Waals surface area contributed by atoms with Crippen molar-refractivity contribution in [2.45, 2.75) is 6.92 Å². The minimum Gasteiger partial charge on any atom is -0.286 e. The van der Waals surface area contributed by atoms with E-state index >= 15 is 0 Å². The summed E-state index contributed by atoms with van der Waals surface area (Å²) in [4.78, 5) is 21.4. The molecule has 0 aliphatic carbocycles. The molecule has 3 heteroatoms. The van der Waals surface area contributed by atoms with Crippen LogP contribution in [0.1, 0.15) is 12.5 Å². The summed E-state index contributed by atoms with van der Waals surface area (Å²) in [6.07, 6.45) is 0. The molecule has 0 fully saturated rings. The molecule has 1 aromatic rings. The Balaban J connectivity index is 2.65. The summed E-state index contributed by atoms with van der Waals surface area (Å²) in [6.45, 7) is 1.27. The van der Waals surface area contributed by atoms with Crippen molar-refractivity contribution in [3.63, 3.8) is 0 Å². The normalized spacial score (nSPS) is 8.36. The second-order valence-electron chi connectivity index (χ2n) is 2.63. The van der Waals surface area contributed by atoms with Gasteiger partial charge in [-0.25, -0.2) is 0 Å². The number of benzene rings is 1. The average Bonchev–Trinajstić information content (AvgIpc) is 2.15. The van der Waals surface area contributed by atoms with E-state index in [1.165, 1.54) is 6.92 Å². The van der Waals surface area contributed by atoms with E-state index in [2.05, 4.69) is 17.2 Å². The third-order valence-electron chi connectivity index (χ3n) is 1.38. The Hall–Kier alpha value is -2.08. The highest BCUT2D eigenvalue weighted by atomic mass is 16.2. The summed E-state index contributed by atoms with van der Waals surface area (Å²) in [5.41, 5.74) is 0.742. The summed E-state index contributed by atoms with van der Waals surface area (Å²) in [6, 6.07) is 9.09. The van der Waals surface area contributed by atoms with E-state index in [4.69, 9.17) is 0 Å². The fourth-order valence-corrected chi connectivity index (χ4v) is 0.842. The van der Waals surface area contributed by atoms with Crippen LogP contribution in [0.2, 0.25) is 0 Å². The Morgan fingerprint density at radius 1 is 1.21 bits per heavy atom. The van der Waals surface area contributed by atoms with Gasteiger partial charge in [-0.1, -0.05) is 24.1 Å². The average molecular weight is 187 g/mol. The van der Waals surface area contributed by atoms with Gasteiger partial charge >= 0.3 is 5.91 Å². The predicted octanol–water partition coefficient (Wildman–Crippen LogP) is 0.701. The topological polar surface area (TPSA) is 46.2 Å². The highest BCUT2D eigenvalue weighted by molar-refractivity contribution is 6.04. The van der Waals surface area contributed by atoms with Gasteiger partial charge < -0.3 is 0 Å². The Kier molecular flexibility index (Phi) is 3.45. The zero-order chi connectivity index (χ0) is 10.4. The van der Waals surface area contributed by atoms with E-state index in [0.717, 1.165) is 5.56 Å². The van der Waals surface area contributed by atoms with E-state index in [1.807, 2.05) is 18.2 Å². The van der Waals surface area contributed by atoms with Crippen LogP contribution in [0.5, 0.6) is 0 Å². The van der Waals surface area contributed by atoms with E-state index in [9.17, 15) is 9.59 Å². The summed E-state index contributed by atoms with van der Waals surface area (Å²) >= 11 is 0. The molecule has 0 spiro atoms. The molecule has 0 saturated carbocycles. The van der Waals surface area contributed by atoms with Gasteiger partial charge in [0.05, 0.1) is 0 Å². The van der Waals surface area contributed by atoms with E-state index in [-0.39, 0.29) is 0 Å². The first-order valence-corrected chi connectivity index (χ1v) is 4.07. The summed E-state index contributed by atoms with van der Waals surface area (Å²) in [5.74, 6) is 3.96. The van der Waals surface area contributed by atoms with Crippen molar-refractivity contribution in [1.29, 1.82) is 0 Å². The number of imide groups is 1. The van der Waals surface area contributed by atoms with Gasteiger partial charge in [0, 0.05) is 18.4 Å². The maximum absolute atomic E-state index is 10.9. The van der Waals surface area contributed by atoms with E-state index in [0.29, 0.717) is 0 Å². The SMILES string of the molecule is CC(=O)NC(=O)C#Cc1ccccc1. The molecule has 0 unspecified atom stereocenters. The zero-order valence-corrected chi connectivity index (χ0v) is 7.70. The van der Waals surface area contributed by atoms with Gasteiger partial charge in [0.1, 0.15) is 0 Å². The smallest absolute Gasteiger partial charge is 0.286 e. The van der Waals surface area contributed by atoms with Crippen molar-refractivity contribution >= 4 is 11.8 Å². The minimum absolute atomic E-state index is 0.405. The number of hydrogen-bond acceptors (Lipinski definition) is 2. The minimum atomic E-state index is -0.582. The van der Waals surface area contributed by atoms with Crippen LogP contribution < -0.4 is 5.32 Å². The Morgan fingerprint density at radius 3 is 2.43 bits per heavy atom. The van der Waals surface area contributed by atoms with Gasteiger partial charge in [0.25, 0.3) is 0 Å². The van der Waals surface area contributed by atoms with Crippen molar-refractivity contribution in [2.75, 3.05) is 0 Å². The summed E-state index contributed by atoms with van der Waals surface area (Å²) in [5, 5.41) is 2.06. The van der Waals surface area contributed by atoms with Gasteiger partial charge in [-0.3, -0.25) is 14.9 Å². The van der Waals surface area contributed by atoms with Crippen LogP contribution in [-0.2, 0) is 9.59 Å². The van der Waals surface area contributed by atoms with Crippen molar-refractivity contribution < 1.29 is 9.59 Å². The molecule has 70 valence electrons. The molecule has 0 aliphatic heterocycles. The highest BCUT2D eigenvalue weighted by Gasteiger charge is 1.96. The number of nitrogens with one attached hydrogen (secondary N) is 1. The first-order valence-electron chi connectivity index (χ1n) is 4.07. The molecule has 2 amide bonds. The highest BCUT2D eigenvalue weighted by Crippen LogP contribution is 1.94. The van der Waals surface area contributed by atoms with Crippen LogP contribution in [0.15, 0.2) is 30.3 Å². The quantitative estimate of drug-likeness (QED) is 0.608. The molecule has 1 N–H and O–H groups in total. The maximum Gasteiger partial charge on any atom is 0.302 e. The van der Waals surface area contributed by atoms with Crippen LogP contribution in [0.25, 0.3) is 0 Å². The zero-order valence-electron chi connectivity index (χ0n) is 7.70. The molecule has 0 saturated heterocycles. The van der Waals surface area contributed by atoms with Crippen molar-refractivity contribution in [1.82, 2.24) is 5.32 Å². The molecular weight excluding hydrogens is 178 g/mol. The molecular formula is C11H9NO2. The second-order valence-corrected chi connectivity index (χ2v) is 2.63. The van der Waals surface area contributed by atoms with Crippen molar-refractivity contribution in [2.24, 2.45) is 0 Å². The first-order chi connectivity index (χ1) is 6.68. The Morgan fingerprint density at radius 2 is 1.86 bits per heavy atom. The van der Waals surface area contributed by atoms with Gasteiger partial charge in [-0.2, -0.15) is 0 Å². The fraction of sp³-hybridized carbons (Fsp3) is 0.0909. The number of carbonyl (C=O) groups excluding carboxylic acids is 2. The van der Waals surface area contributed by atoms with E-state index in [1.54, 1.807) is 12.1 Å².